The molecule has 0 aliphatic heterocycles. The second-order valence-corrected chi connectivity index (χ2v) is 8.43. The first-order chi connectivity index (χ1) is 10.9. The second-order valence-electron chi connectivity index (χ2n) is 8.43. The van der Waals surface area contributed by atoms with E-state index in [0.29, 0.717) is 6.54 Å². The van der Waals surface area contributed by atoms with Crippen molar-refractivity contribution in [2.24, 2.45) is 29.1 Å². The summed E-state index contributed by atoms with van der Waals surface area (Å²) in [4.78, 5) is 25.4. The number of carbonyl (C=O) groups excluding carboxylic acids is 2. The van der Waals surface area contributed by atoms with Crippen LogP contribution in [0.15, 0.2) is 12.7 Å². The van der Waals surface area contributed by atoms with Crippen molar-refractivity contribution in [3.05, 3.63) is 12.7 Å². The van der Waals surface area contributed by atoms with Gasteiger partial charge in [0.25, 0.3) is 0 Å². The molecule has 0 heterocycles. The van der Waals surface area contributed by atoms with Crippen LogP contribution in [0, 0.1) is 29.1 Å². The third-order valence-electron chi connectivity index (χ3n) is 6.18. The minimum Gasteiger partial charge on any atom is -0.351 e. The highest BCUT2D eigenvalue weighted by Gasteiger charge is 2.55. The highest BCUT2D eigenvalue weighted by Crippen LogP contribution is 2.60. The molecule has 0 aromatic rings. The van der Waals surface area contributed by atoms with Crippen LogP contribution in [0.1, 0.15) is 52.4 Å². The highest BCUT2D eigenvalue weighted by atomic mass is 16.2. The van der Waals surface area contributed by atoms with E-state index in [1.165, 1.54) is 19.3 Å². The Morgan fingerprint density at radius 3 is 2.09 bits per heavy atom. The maximum atomic E-state index is 13.1. The molecule has 128 valence electrons. The topological polar surface area (TPSA) is 58.2 Å². The summed E-state index contributed by atoms with van der Waals surface area (Å²) in [6.45, 7) is 8.03. The Morgan fingerprint density at radius 2 is 1.65 bits per heavy atom. The van der Waals surface area contributed by atoms with E-state index in [4.69, 9.17) is 0 Å². The first-order valence-corrected chi connectivity index (χ1v) is 9.13. The van der Waals surface area contributed by atoms with Crippen molar-refractivity contribution >= 4 is 11.8 Å². The maximum absolute atomic E-state index is 13.1. The summed E-state index contributed by atoms with van der Waals surface area (Å²) in [6.07, 6.45) is 8.72. The smallest absolute Gasteiger partial charge is 0.243 e. The van der Waals surface area contributed by atoms with Gasteiger partial charge in [0, 0.05) is 12.0 Å². The van der Waals surface area contributed by atoms with Crippen LogP contribution in [0.25, 0.3) is 0 Å². The molecule has 0 aromatic carbocycles. The Morgan fingerprint density at radius 1 is 1.13 bits per heavy atom. The van der Waals surface area contributed by atoms with Gasteiger partial charge in [-0.15, -0.1) is 6.58 Å². The number of carbonyl (C=O) groups is 2. The van der Waals surface area contributed by atoms with Crippen molar-refractivity contribution in [2.75, 3.05) is 6.54 Å². The van der Waals surface area contributed by atoms with Crippen LogP contribution >= 0.6 is 0 Å². The van der Waals surface area contributed by atoms with Crippen LogP contribution < -0.4 is 10.6 Å². The molecule has 1 atom stereocenters. The zero-order valence-electron chi connectivity index (χ0n) is 14.4. The Hall–Kier alpha value is -1.32. The zero-order chi connectivity index (χ0) is 16.6. The van der Waals surface area contributed by atoms with Gasteiger partial charge in [-0.3, -0.25) is 9.59 Å². The summed E-state index contributed by atoms with van der Waals surface area (Å²) in [5.41, 5.74) is -0.194. The Balaban J connectivity index is 1.69. The number of nitrogens with one attached hydrogen (secondary N) is 2. The predicted octanol–water partition coefficient (Wildman–Crippen LogP) is 2.65. The summed E-state index contributed by atoms with van der Waals surface area (Å²) >= 11 is 0. The molecule has 2 N–H and O–H groups in total. The van der Waals surface area contributed by atoms with Crippen molar-refractivity contribution in [3.8, 4) is 0 Å². The van der Waals surface area contributed by atoms with Gasteiger partial charge < -0.3 is 10.6 Å². The van der Waals surface area contributed by atoms with Crippen molar-refractivity contribution in [1.82, 2.24) is 10.6 Å². The van der Waals surface area contributed by atoms with Crippen LogP contribution in [0.5, 0.6) is 0 Å². The van der Waals surface area contributed by atoms with E-state index in [1.807, 2.05) is 13.8 Å². The second kappa shape index (κ2) is 6.29. The third kappa shape index (κ3) is 3.17. The first-order valence-electron chi connectivity index (χ1n) is 9.13. The average Bonchev–Trinajstić information content (AvgIpc) is 2.48. The van der Waals surface area contributed by atoms with Gasteiger partial charge in [0.15, 0.2) is 0 Å². The van der Waals surface area contributed by atoms with Crippen molar-refractivity contribution in [3.63, 3.8) is 0 Å². The van der Waals surface area contributed by atoms with Crippen LogP contribution in [0.3, 0.4) is 0 Å². The number of hydrogen-bond donors (Lipinski definition) is 2. The standard InChI is InChI=1S/C19H30N2O2/c1-4-5-20-17(22)16(12(2)3)21-18(23)19-9-13-6-14(10-19)8-15(7-13)11-19/h4,12-16H,1,5-11H2,2-3H3,(H,20,22)(H,21,23)/t13?,14?,15?,16-,19?/m0/s1. The Labute approximate surface area is 139 Å². The largest absolute Gasteiger partial charge is 0.351 e. The van der Waals surface area contributed by atoms with E-state index in [1.54, 1.807) is 6.08 Å². The lowest BCUT2D eigenvalue weighted by Gasteiger charge is -2.55. The van der Waals surface area contributed by atoms with Crippen LogP contribution in [-0.2, 0) is 9.59 Å². The minimum absolute atomic E-state index is 0.0812. The molecule has 4 saturated carbocycles. The van der Waals surface area contributed by atoms with Crippen molar-refractivity contribution in [1.29, 1.82) is 0 Å². The summed E-state index contributed by atoms with van der Waals surface area (Å²) in [7, 11) is 0. The number of hydrogen-bond acceptors (Lipinski definition) is 2. The van der Waals surface area contributed by atoms with Crippen molar-refractivity contribution < 1.29 is 9.59 Å². The lowest BCUT2D eigenvalue weighted by molar-refractivity contribution is -0.149. The summed E-state index contributed by atoms with van der Waals surface area (Å²) in [6, 6.07) is -0.449. The van der Waals surface area contributed by atoms with E-state index in [-0.39, 0.29) is 23.1 Å². The normalized spacial score (nSPS) is 35.9. The fraction of sp³-hybridized carbons (Fsp3) is 0.789. The monoisotopic (exact) mass is 318 g/mol. The Bertz CT molecular complexity index is 462. The van der Waals surface area contributed by atoms with Gasteiger partial charge >= 0.3 is 0 Å². The first kappa shape index (κ1) is 16.5. The third-order valence-corrected chi connectivity index (χ3v) is 6.18. The molecule has 4 aliphatic rings. The molecular formula is C19H30N2O2. The number of amides is 2. The Kier molecular flexibility index (Phi) is 4.52. The molecule has 2 amide bonds. The zero-order valence-corrected chi connectivity index (χ0v) is 14.4. The molecule has 4 fully saturated rings. The fourth-order valence-corrected chi connectivity index (χ4v) is 5.50. The average molecular weight is 318 g/mol. The summed E-state index contributed by atoms with van der Waals surface area (Å²) in [5.74, 6) is 2.32. The molecule has 4 rings (SSSR count). The van der Waals surface area contributed by atoms with Gasteiger partial charge in [-0.2, -0.15) is 0 Å². The minimum atomic E-state index is -0.449. The molecule has 0 spiro atoms. The predicted molar refractivity (Wildman–Crippen MR) is 90.6 cm³/mol. The van der Waals surface area contributed by atoms with Crippen LogP contribution in [0.2, 0.25) is 0 Å². The van der Waals surface area contributed by atoms with E-state index in [2.05, 4.69) is 17.2 Å². The molecule has 0 radical (unpaired) electrons. The molecule has 4 aliphatic carbocycles. The van der Waals surface area contributed by atoms with Gasteiger partial charge in [0.05, 0.1) is 0 Å². The van der Waals surface area contributed by atoms with Gasteiger partial charge in [0.1, 0.15) is 6.04 Å². The molecule has 23 heavy (non-hydrogen) atoms. The quantitative estimate of drug-likeness (QED) is 0.740. The van der Waals surface area contributed by atoms with Gasteiger partial charge in [0.2, 0.25) is 11.8 Å². The van der Waals surface area contributed by atoms with E-state index >= 15 is 0 Å². The molecule has 0 aromatic heterocycles. The summed E-state index contributed by atoms with van der Waals surface area (Å²) < 4.78 is 0. The van der Waals surface area contributed by atoms with E-state index in [0.717, 1.165) is 37.0 Å². The molecule has 4 bridgehead atoms. The highest BCUT2D eigenvalue weighted by molar-refractivity contribution is 5.90. The number of rotatable bonds is 6. The van der Waals surface area contributed by atoms with Crippen LogP contribution in [-0.4, -0.2) is 24.4 Å². The fourth-order valence-electron chi connectivity index (χ4n) is 5.50. The molecular weight excluding hydrogens is 288 g/mol. The van der Waals surface area contributed by atoms with E-state index < -0.39 is 6.04 Å². The van der Waals surface area contributed by atoms with Crippen molar-refractivity contribution in [2.45, 2.75) is 58.4 Å². The maximum Gasteiger partial charge on any atom is 0.243 e. The molecule has 4 heteroatoms. The SMILES string of the molecule is C=CCNC(=O)[C@@H](NC(=O)C12CC3CC(CC(C3)C1)C2)C(C)C. The van der Waals surface area contributed by atoms with Gasteiger partial charge in [-0.05, 0) is 62.2 Å². The molecule has 0 saturated heterocycles. The van der Waals surface area contributed by atoms with E-state index in [9.17, 15) is 9.59 Å². The lowest BCUT2D eigenvalue weighted by Crippen LogP contribution is -2.58. The molecule has 4 nitrogen and oxygen atoms in total. The lowest BCUT2D eigenvalue weighted by atomic mass is 9.49. The van der Waals surface area contributed by atoms with Gasteiger partial charge in [-0.1, -0.05) is 19.9 Å². The molecule has 0 unspecified atom stereocenters. The van der Waals surface area contributed by atoms with Crippen LogP contribution in [0.4, 0.5) is 0 Å². The van der Waals surface area contributed by atoms with Gasteiger partial charge in [-0.25, -0.2) is 0 Å². The summed E-state index contributed by atoms with van der Waals surface area (Å²) in [5, 5.41) is 5.92.